The lowest BCUT2D eigenvalue weighted by atomic mass is 9.99. The molecule has 0 radical (unpaired) electrons. The van der Waals surface area contributed by atoms with Crippen LogP contribution < -0.4 is 9.44 Å². The molecule has 0 spiro atoms. The molecule has 1 unspecified atom stereocenters. The van der Waals surface area contributed by atoms with E-state index in [1.807, 2.05) is 12.1 Å². The molecule has 0 saturated carbocycles. The predicted molar refractivity (Wildman–Crippen MR) is 98.6 cm³/mol. The smallest absolute Gasteiger partial charge is 0.261 e. The normalized spacial score (nSPS) is 13.4. The van der Waals surface area contributed by atoms with Crippen molar-refractivity contribution >= 4 is 25.7 Å². The first kappa shape index (κ1) is 19.4. The van der Waals surface area contributed by atoms with Gasteiger partial charge in [0.15, 0.2) is 0 Å². The van der Waals surface area contributed by atoms with Gasteiger partial charge in [-0.25, -0.2) is 21.6 Å². The number of rotatable bonds is 7. The summed E-state index contributed by atoms with van der Waals surface area (Å²) in [6, 6.07) is 12.3. The van der Waals surface area contributed by atoms with Crippen LogP contribution in [0.2, 0.25) is 0 Å². The quantitative estimate of drug-likeness (QED) is 0.770. The highest BCUT2D eigenvalue weighted by molar-refractivity contribution is 7.92. The Bertz CT molecular complexity index is 920. The molecule has 2 aromatic rings. The molecular weight excluding hydrogens is 360 g/mol. The summed E-state index contributed by atoms with van der Waals surface area (Å²) in [5.41, 5.74) is 1.38. The average Bonchev–Trinajstić information content (AvgIpc) is 2.61. The SMILES string of the molecule is CCC(C)c1ccc(S(=O)(=O)Nc2ccc(S(=O)(=O)NC)cc2)cc1. The summed E-state index contributed by atoms with van der Waals surface area (Å²) in [6.07, 6.45) is 0.978. The van der Waals surface area contributed by atoms with E-state index in [1.54, 1.807) is 12.1 Å². The Morgan fingerprint density at radius 2 is 1.32 bits per heavy atom. The van der Waals surface area contributed by atoms with Gasteiger partial charge in [0.1, 0.15) is 0 Å². The molecule has 0 saturated heterocycles. The van der Waals surface area contributed by atoms with Gasteiger partial charge in [-0.1, -0.05) is 26.0 Å². The van der Waals surface area contributed by atoms with E-state index in [-0.39, 0.29) is 9.79 Å². The summed E-state index contributed by atoms with van der Waals surface area (Å²) in [7, 11) is -5.97. The molecule has 0 aliphatic carbocycles. The van der Waals surface area contributed by atoms with E-state index in [9.17, 15) is 16.8 Å². The van der Waals surface area contributed by atoms with Gasteiger partial charge in [0.2, 0.25) is 10.0 Å². The Balaban J connectivity index is 2.21. The number of sulfonamides is 2. The highest BCUT2D eigenvalue weighted by Gasteiger charge is 2.16. The van der Waals surface area contributed by atoms with Crippen LogP contribution in [0.5, 0.6) is 0 Å². The highest BCUT2D eigenvalue weighted by Crippen LogP contribution is 2.22. The Morgan fingerprint density at radius 3 is 1.80 bits per heavy atom. The molecule has 0 aliphatic heterocycles. The molecule has 0 aliphatic rings. The van der Waals surface area contributed by atoms with E-state index in [4.69, 9.17) is 0 Å². The van der Waals surface area contributed by atoms with E-state index >= 15 is 0 Å². The van der Waals surface area contributed by atoms with Gasteiger partial charge in [-0.2, -0.15) is 0 Å². The van der Waals surface area contributed by atoms with E-state index in [2.05, 4.69) is 23.3 Å². The fourth-order valence-electron chi connectivity index (χ4n) is 2.25. The molecule has 25 heavy (non-hydrogen) atoms. The van der Waals surface area contributed by atoms with Crippen LogP contribution in [0, 0.1) is 0 Å². The molecular formula is C17H22N2O4S2. The lowest BCUT2D eigenvalue weighted by molar-refractivity contribution is 0.588. The van der Waals surface area contributed by atoms with Gasteiger partial charge in [0, 0.05) is 5.69 Å². The van der Waals surface area contributed by atoms with Crippen molar-refractivity contribution in [2.75, 3.05) is 11.8 Å². The van der Waals surface area contributed by atoms with Crippen molar-refractivity contribution < 1.29 is 16.8 Å². The lowest BCUT2D eigenvalue weighted by Crippen LogP contribution is -2.18. The fraction of sp³-hybridized carbons (Fsp3) is 0.294. The molecule has 0 fully saturated rings. The van der Waals surface area contributed by atoms with Gasteiger partial charge < -0.3 is 0 Å². The maximum absolute atomic E-state index is 12.4. The standard InChI is InChI=1S/C17H22N2O4S2/c1-4-13(2)14-5-9-17(10-6-14)25(22,23)19-15-7-11-16(12-8-15)24(20,21)18-3/h5-13,18-19H,4H2,1-3H3. The molecule has 2 N–H and O–H groups in total. The zero-order chi connectivity index (χ0) is 18.7. The zero-order valence-electron chi connectivity index (χ0n) is 14.4. The number of hydrogen-bond acceptors (Lipinski definition) is 4. The Hall–Kier alpha value is -1.90. The van der Waals surface area contributed by atoms with Crippen LogP contribution in [-0.4, -0.2) is 23.9 Å². The van der Waals surface area contributed by atoms with Crippen LogP contribution >= 0.6 is 0 Å². The van der Waals surface area contributed by atoms with E-state index in [0.717, 1.165) is 12.0 Å². The molecule has 2 aromatic carbocycles. The third-order valence-electron chi connectivity index (χ3n) is 4.06. The van der Waals surface area contributed by atoms with Crippen molar-refractivity contribution in [1.82, 2.24) is 4.72 Å². The van der Waals surface area contributed by atoms with Gasteiger partial charge in [-0.3, -0.25) is 4.72 Å². The van der Waals surface area contributed by atoms with Gasteiger partial charge in [0.05, 0.1) is 9.79 Å². The molecule has 2 rings (SSSR count). The van der Waals surface area contributed by atoms with Crippen LogP contribution in [-0.2, 0) is 20.0 Å². The fourth-order valence-corrected chi connectivity index (χ4v) is 4.03. The number of hydrogen-bond donors (Lipinski definition) is 2. The monoisotopic (exact) mass is 382 g/mol. The van der Waals surface area contributed by atoms with E-state index < -0.39 is 20.0 Å². The third kappa shape index (κ3) is 4.59. The summed E-state index contributed by atoms with van der Waals surface area (Å²) in [6.45, 7) is 4.16. The zero-order valence-corrected chi connectivity index (χ0v) is 16.0. The van der Waals surface area contributed by atoms with Crippen molar-refractivity contribution in [2.45, 2.75) is 36.0 Å². The Kier molecular flexibility index (Phi) is 5.87. The third-order valence-corrected chi connectivity index (χ3v) is 6.88. The van der Waals surface area contributed by atoms with Crippen LogP contribution in [0.3, 0.4) is 0 Å². The molecule has 136 valence electrons. The number of nitrogens with one attached hydrogen (secondary N) is 2. The van der Waals surface area contributed by atoms with Crippen molar-refractivity contribution in [2.24, 2.45) is 0 Å². The van der Waals surface area contributed by atoms with Crippen LogP contribution in [0.25, 0.3) is 0 Å². The van der Waals surface area contributed by atoms with E-state index in [1.165, 1.54) is 31.3 Å². The maximum atomic E-state index is 12.4. The summed E-state index contributed by atoms with van der Waals surface area (Å²) in [5, 5.41) is 0. The second kappa shape index (κ2) is 7.55. The predicted octanol–water partition coefficient (Wildman–Crippen LogP) is 2.91. The summed E-state index contributed by atoms with van der Waals surface area (Å²) in [4.78, 5) is 0.224. The Labute approximate surface area is 149 Å². The molecule has 8 heteroatoms. The molecule has 0 bridgehead atoms. The van der Waals surface area contributed by atoms with Crippen molar-refractivity contribution in [3.63, 3.8) is 0 Å². The molecule has 0 heterocycles. The topological polar surface area (TPSA) is 92.3 Å². The van der Waals surface area contributed by atoms with Gasteiger partial charge in [0.25, 0.3) is 10.0 Å². The summed E-state index contributed by atoms with van der Waals surface area (Å²) >= 11 is 0. The first-order chi connectivity index (χ1) is 11.7. The first-order valence-corrected chi connectivity index (χ1v) is 10.8. The number of benzene rings is 2. The lowest BCUT2D eigenvalue weighted by Gasteiger charge is -2.12. The van der Waals surface area contributed by atoms with Gasteiger partial charge >= 0.3 is 0 Å². The molecule has 0 amide bonds. The van der Waals surface area contributed by atoms with E-state index in [0.29, 0.717) is 11.6 Å². The first-order valence-electron chi connectivity index (χ1n) is 7.86. The van der Waals surface area contributed by atoms with Gasteiger partial charge in [-0.05, 0) is 61.3 Å². The van der Waals surface area contributed by atoms with Crippen LogP contribution in [0.15, 0.2) is 58.3 Å². The largest absolute Gasteiger partial charge is 0.280 e. The minimum atomic E-state index is -3.73. The number of anilines is 1. The highest BCUT2D eigenvalue weighted by atomic mass is 32.2. The van der Waals surface area contributed by atoms with Crippen LogP contribution in [0.1, 0.15) is 31.7 Å². The summed E-state index contributed by atoms with van der Waals surface area (Å²) < 4.78 is 52.9. The van der Waals surface area contributed by atoms with Crippen molar-refractivity contribution in [3.05, 3.63) is 54.1 Å². The summed E-state index contributed by atoms with van der Waals surface area (Å²) in [5.74, 6) is 0.367. The second-order valence-corrected chi connectivity index (χ2v) is 9.28. The molecule has 0 aromatic heterocycles. The second-order valence-electron chi connectivity index (χ2n) is 5.72. The van der Waals surface area contributed by atoms with Crippen LogP contribution in [0.4, 0.5) is 5.69 Å². The Morgan fingerprint density at radius 1 is 0.840 bits per heavy atom. The molecule has 6 nitrogen and oxygen atoms in total. The maximum Gasteiger partial charge on any atom is 0.261 e. The minimum absolute atomic E-state index is 0.0656. The minimum Gasteiger partial charge on any atom is -0.280 e. The molecule has 1 atom stereocenters. The van der Waals surface area contributed by atoms with Crippen molar-refractivity contribution in [1.29, 1.82) is 0 Å². The van der Waals surface area contributed by atoms with Gasteiger partial charge in [-0.15, -0.1) is 0 Å². The van der Waals surface area contributed by atoms with Crippen molar-refractivity contribution in [3.8, 4) is 0 Å². The average molecular weight is 383 g/mol.